The summed E-state index contributed by atoms with van der Waals surface area (Å²) in [7, 11) is 0. The molecular weight excluding hydrogens is 178 g/mol. The molecule has 3 nitrogen and oxygen atoms in total. The highest BCUT2D eigenvalue weighted by Crippen LogP contribution is 2.22. The topological polar surface area (TPSA) is 46.2 Å². The molecule has 2 rings (SSSR count). The van der Waals surface area contributed by atoms with E-state index in [0.717, 1.165) is 0 Å². The number of hydrogen-bond acceptors (Lipinski definition) is 2. The van der Waals surface area contributed by atoms with Gasteiger partial charge in [-0.15, -0.1) is 0 Å². The SMILES string of the molecule is C=C1CC(=O)c2ccccc2NC1=O. The van der Waals surface area contributed by atoms with E-state index in [-0.39, 0.29) is 18.1 Å². The second-order valence-corrected chi connectivity index (χ2v) is 3.20. The Kier molecular flexibility index (Phi) is 1.93. The number of anilines is 1. The van der Waals surface area contributed by atoms with Crippen LogP contribution in [0.1, 0.15) is 16.8 Å². The molecule has 1 heterocycles. The molecule has 0 saturated heterocycles. The van der Waals surface area contributed by atoms with E-state index in [1.165, 1.54) is 0 Å². The molecule has 1 aliphatic rings. The van der Waals surface area contributed by atoms with Crippen LogP contribution in [-0.4, -0.2) is 11.7 Å². The second-order valence-electron chi connectivity index (χ2n) is 3.20. The van der Waals surface area contributed by atoms with Gasteiger partial charge in [-0.1, -0.05) is 18.7 Å². The first-order valence-corrected chi connectivity index (χ1v) is 4.30. The average molecular weight is 187 g/mol. The Bertz CT molecular complexity index is 435. The van der Waals surface area contributed by atoms with Gasteiger partial charge < -0.3 is 5.32 Å². The number of nitrogens with one attached hydrogen (secondary N) is 1. The van der Waals surface area contributed by atoms with Crippen LogP contribution < -0.4 is 5.32 Å². The van der Waals surface area contributed by atoms with Crippen LogP contribution >= 0.6 is 0 Å². The van der Waals surface area contributed by atoms with Gasteiger partial charge in [0.05, 0.1) is 5.69 Å². The van der Waals surface area contributed by atoms with Crippen molar-refractivity contribution in [3.05, 3.63) is 42.0 Å². The van der Waals surface area contributed by atoms with E-state index < -0.39 is 0 Å². The summed E-state index contributed by atoms with van der Waals surface area (Å²) < 4.78 is 0. The summed E-state index contributed by atoms with van der Waals surface area (Å²) in [4.78, 5) is 23.0. The molecule has 3 heteroatoms. The number of benzene rings is 1. The van der Waals surface area contributed by atoms with Gasteiger partial charge >= 0.3 is 0 Å². The van der Waals surface area contributed by atoms with Gasteiger partial charge in [0.25, 0.3) is 5.91 Å². The van der Waals surface area contributed by atoms with Crippen molar-refractivity contribution in [3.8, 4) is 0 Å². The molecule has 0 saturated carbocycles. The summed E-state index contributed by atoms with van der Waals surface area (Å²) >= 11 is 0. The zero-order valence-corrected chi connectivity index (χ0v) is 7.54. The Labute approximate surface area is 81.4 Å². The number of para-hydroxylation sites is 1. The Morgan fingerprint density at radius 2 is 1.93 bits per heavy atom. The van der Waals surface area contributed by atoms with Crippen LogP contribution in [0.5, 0.6) is 0 Å². The molecule has 0 fully saturated rings. The third-order valence-electron chi connectivity index (χ3n) is 2.17. The average Bonchev–Trinajstić information content (AvgIpc) is 2.27. The van der Waals surface area contributed by atoms with Crippen molar-refractivity contribution in [2.45, 2.75) is 6.42 Å². The summed E-state index contributed by atoms with van der Waals surface area (Å²) in [6.07, 6.45) is 0.100. The standard InChI is InChI=1S/C11H9NO2/c1-7-6-10(13)8-4-2-3-5-9(8)12-11(7)14/h2-5H,1,6H2,(H,12,14). The van der Waals surface area contributed by atoms with Crippen molar-refractivity contribution >= 4 is 17.4 Å². The molecule has 0 aliphatic carbocycles. The van der Waals surface area contributed by atoms with Crippen LogP contribution in [0.25, 0.3) is 0 Å². The van der Waals surface area contributed by atoms with Crippen molar-refractivity contribution in [1.82, 2.24) is 0 Å². The summed E-state index contributed by atoms with van der Waals surface area (Å²) in [5, 5.41) is 2.64. The van der Waals surface area contributed by atoms with Crippen LogP contribution in [0.4, 0.5) is 5.69 Å². The maximum Gasteiger partial charge on any atom is 0.251 e. The number of fused-ring (bicyclic) bond motifs is 1. The summed E-state index contributed by atoms with van der Waals surface area (Å²) in [5.74, 6) is -0.341. The normalized spacial score (nSPS) is 15.9. The van der Waals surface area contributed by atoms with E-state index >= 15 is 0 Å². The number of carbonyl (C=O) groups excluding carboxylic acids is 2. The van der Waals surface area contributed by atoms with Crippen LogP contribution in [-0.2, 0) is 4.79 Å². The molecule has 0 aromatic heterocycles. The van der Waals surface area contributed by atoms with Gasteiger partial charge in [0.1, 0.15) is 0 Å². The molecule has 0 atom stereocenters. The Balaban J connectivity index is 2.53. The van der Waals surface area contributed by atoms with Gasteiger partial charge in [0.15, 0.2) is 5.78 Å². The largest absolute Gasteiger partial charge is 0.322 e. The molecule has 1 amide bonds. The van der Waals surface area contributed by atoms with Gasteiger partial charge in [0, 0.05) is 17.6 Å². The first-order chi connectivity index (χ1) is 6.68. The van der Waals surface area contributed by atoms with Crippen molar-refractivity contribution in [1.29, 1.82) is 0 Å². The number of carbonyl (C=O) groups is 2. The Morgan fingerprint density at radius 1 is 1.21 bits per heavy atom. The Hall–Kier alpha value is -1.90. The zero-order chi connectivity index (χ0) is 10.1. The number of hydrogen-bond donors (Lipinski definition) is 1. The molecule has 1 aromatic rings. The molecule has 1 aliphatic heterocycles. The highest BCUT2D eigenvalue weighted by molar-refractivity contribution is 6.16. The molecule has 14 heavy (non-hydrogen) atoms. The first-order valence-electron chi connectivity index (χ1n) is 4.30. The van der Waals surface area contributed by atoms with E-state index in [4.69, 9.17) is 0 Å². The molecule has 0 spiro atoms. The highest BCUT2D eigenvalue weighted by atomic mass is 16.2. The summed E-state index contributed by atoms with van der Waals surface area (Å²) in [6, 6.07) is 6.97. The molecular formula is C11H9NO2. The maximum absolute atomic E-state index is 11.6. The molecule has 1 N–H and O–H groups in total. The summed E-state index contributed by atoms with van der Waals surface area (Å²) in [5.41, 5.74) is 1.44. The van der Waals surface area contributed by atoms with Crippen molar-refractivity contribution < 1.29 is 9.59 Å². The van der Waals surface area contributed by atoms with Gasteiger partial charge in [-0.3, -0.25) is 9.59 Å². The maximum atomic E-state index is 11.6. The van der Waals surface area contributed by atoms with Crippen LogP contribution in [0.2, 0.25) is 0 Å². The smallest absolute Gasteiger partial charge is 0.251 e. The third kappa shape index (κ3) is 1.33. The van der Waals surface area contributed by atoms with Crippen molar-refractivity contribution in [3.63, 3.8) is 0 Å². The lowest BCUT2D eigenvalue weighted by molar-refractivity contribution is -0.112. The van der Waals surface area contributed by atoms with Gasteiger partial charge in [-0.25, -0.2) is 0 Å². The fourth-order valence-corrected chi connectivity index (χ4v) is 1.42. The molecule has 70 valence electrons. The minimum absolute atomic E-state index is 0.0658. The predicted molar refractivity (Wildman–Crippen MR) is 53.2 cm³/mol. The molecule has 1 aromatic carbocycles. The van der Waals surface area contributed by atoms with Gasteiger partial charge in [0.2, 0.25) is 0 Å². The van der Waals surface area contributed by atoms with Gasteiger partial charge in [-0.2, -0.15) is 0 Å². The van der Waals surface area contributed by atoms with Gasteiger partial charge in [-0.05, 0) is 12.1 Å². The zero-order valence-electron chi connectivity index (χ0n) is 7.54. The predicted octanol–water partition coefficient (Wildman–Crippen LogP) is 1.77. The van der Waals surface area contributed by atoms with E-state index in [2.05, 4.69) is 11.9 Å². The molecule has 0 unspecified atom stereocenters. The fourth-order valence-electron chi connectivity index (χ4n) is 1.42. The van der Waals surface area contributed by atoms with Crippen LogP contribution in [0.15, 0.2) is 36.4 Å². The van der Waals surface area contributed by atoms with Crippen LogP contribution in [0, 0.1) is 0 Å². The number of amides is 1. The number of Topliss-reactive ketones (excluding diaryl/α,β-unsaturated/α-hetero) is 1. The first kappa shape index (κ1) is 8.69. The summed E-state index contributed by atoms with van der Waals surface area (Å²) in [6.45, 7) is 3.56. The number of rotatable bonds is 0. The lowest BCUT2D eigenvalue weighted by atomic mass is 10.1. The minimum Gasteiger partial charge on any atom is -0.322 e. The molecule has 0 bridgehead atoms. The highest BCUT2D eigenvalue weighted by Gasteiger charge is 2.21. The minimum atomic E-state index is -0.275. The number of ketones is 1. The van der Waals surface area contributed by atoms with E-state index in [9.17, 15) is 9.59 Å². The lowest BCUT2D eigenvalue weighted by Gasteiger charge is -2.03. The van der Waals surface area contributed by atoms with E-state index in [0.29, 0.717) is 16.8 Å². The second kappa shape index (κ2) is 3.10. The van der Waals surface area contributed by atoms with Crippen molar-refractivity contribution in [2.24, 2.45) is 0 Å². The van der Waals surface area contributed by atoms with E-state index in [1.54, 1.807) is 24.3 Å². The van der Waals surface area contributed by atoms with Crippen LogP contribution in [0.3, 0.4) is 0 Å². The van der Waals surface area contributed by atoms with E-state index in [1.807, 2.05) is 0 Å². The third-order valence-corrected chi connectivity index (χ3v) is 2.17. The quantitative estimate of drug-likeness (QED) is 0.629. The monoisotopic (exact) mass is 187 g/mol. The van der Waals surface area contributed by atoms with Crippen molar-refractivity contribution in [2.75, 3.05) is 5.32 Å². The lowest BCUT2D eigenvalue weighted by Crippen LogP contribution is -2.11. The fraction of sp³-hybridized carbons (Fsp3) is 0.0909. The Morgan fingerprint density at radius 3 is 2.71 bits per heavy atom. The molecule has 0 radical (unpaired) electrons.